The molecule has 3 N–H and O–H groups in total. The van der Waals surface area contributed by atoms with E-state index in [0.29, 0.717) is 18.7 Å². The summed E-state index contributed by atoms with van der Waals surface area (Å²) < 4.78 is 40.5. The largest absolute Gasteiger partial charge is 0.418 e. The van der Waals surface area contributed by atoms with Gasteiger partial charge in [0.05, 0.1) is 11.3 Å². The highest BCUT2D eigenvalue weighted by Crippen LogP contribution is 2.36. The molecular formula is C21H25F3N4O2. The predicted octanol–water partition coefficient (Wildman–Crippen LogP) is 4.42. The van der Waals surface area contributed by atoms with Crippen LogP contribution in [0.25, 0.3) is 0 Å². The lowest BCUT2D eigenvalue weighted by molar-refractivity contribution is -0.136. The highest BCUT2D eigenvalue weighted by Gasteiger charge is 2.34. The van der Waals surface area contributed by atoms with Gasteiger partial charge in [-0.25, -0.2) is 4.79 Å². The van der Waals surface area contributed by atoms with Crippen molar-refractivity contribution >= 4 is 23.3 Å². The van der Waals surface area contributed by atoms with Gasteiger partial charge in [-0.2, -0.15) is 13.2 Å². The number of likely N-dealkylation sites (N-methyl/N-ethyl adjacent to an activating group) is 1. The van der Waals surface area contributed by atoms with Gasteiger partial charge in [0.25, 0.3) is 5.91 Å². The van der Waals surface area contributed by atoms with Crippen LogP contribution in [0.3, 0.4) is 0 Å². The van der Waals surface area contributed by atoms with Gasteiger partial charge >= 0.3 is 12.2 Å². The van der Waals surface area contributed by atoms with E-state index in [0.717, 1.165) is 25.2 Å². The van der Waals surface area contributed by atoms with E-state index in [-0.39, 0.29) is 11.4 Å². The lowest BCUT2D eigenvalue weighted by atomic mass is 10.1. The Morgan fingerprint density at radius 3 is 2.23 bits per heavy atom. The second-order valence-electron chi connectivity index (χ2n) is 6.49. The molecule has 0 aliphatic carbocycles. The Labute approximate surface area is 173 Å². The highest BCUT2D eigenvalue weighted by atomic mass is 19.4. The highest BCUT2D eigenvalue weighted by molar-refractivity contribution is 6.04. The molecule has 0 bridgehead atoms. The van der Waals surface area contributed by atoms with Gasteiger partial charge in [0.15, 0.2) is 0 Å². The number of nitrogens with one attached hydrogen (secondary N) is 3. The maximum absolute atomic E-state index is 13.5. The Hall–Kier alpha value is -3.07. The van der Waals surface area contributed by atoms with E-state index in [2.05, 4.69) is 20.9 Å². The zero-order valence-electron chi connectivity index (χ0n) is 16.8. The maximum atomic E-state index is 13.5. The van der Waals surface area contributed by atoms with Crippen molar-refractivity contribution < 1.29 is 22.8 Å². The van der Waals surface area contributed by atoms with Gasteiger partial charge in [0, 0.05) is 24.3 Å². The fourth-order valence-electron chi connectivity index (χ4n) is 2.79. The van der Waals surface area contributed by atoms with Gasteiger partial charge in [-0.1, -0.05) is 32.0 Å². The quantitative estimate of drug-likeness (QED) is 0.590. The lowest BCUT2D eigenvalue weighted by Gasteiger charge is -2.19. The number of rotatable bonds is 8. The molecule has 2 rings (SSSR count). The molecule has 0 fully saturated rings. The number of halogens is 3. The number of amides is 3. The summed E-state index contributed by atoms with van der Waals surface area (Å²) in [6, 6.07) is 10.6. The number of alkyl halides is 3. The lowest BCUT2D eigenvalue weighted by Crippen LogP contribution is -2.37. The molecule has 30 heavy (non-hydrogen) atoms. The normalized spacial score (nSPS) is 11.3. The van der Waals surface area contributed by atoms with E-state index < -0.39 is 23.7 Å². The summed E-state index contributed by atoms with van der Waals surface area (Å²) in [5.41, 5.74) is -1.14. The fourth-order valence-corrected chi connectivity index (χ4v) is 2.79. The Balaban J connectivity index is 2.09. The van der Waals surface area contributed by atoms with Gasteiger partial charge < -0.3 is 20.9 Å². The number of hydrogen-bond donors (Lipinski definition) is 3. The molecule has 0 heterocycles. The van der Waals surface area contributed by atoms with Crippen molar-refractivity contribution in [2.75, 3.05) is 36.8 Å². The molecule has 0 unspecified atom stereocenters. The molecule has 0 aliphatic rings. The SMILES string of the molecule is CCN(CC)CCNC(=O)Nc1ccc(NC(=O)c2ccccc2)cc1C(F)(F)F. The molecule has 9 heteroatoms. The third-order valence-electron chi connectivity index (χ3n) is 4.48. The van der Waals surface area contributed by atoms with Gasteiger partial charge in [-0.3, -0.25) is 4.79 Å². The first-order chi connectivity index (χ1) is 14.2. The van der Waals surface area contributed by atoms with E-state index in [1.807, 2.05) is 13.8 Å². The van der Waals surface area contributed by atoms with Crippen molar-refractivity contribution in [3.63, 3.8) is 0 Å². The van der Waals surface area contributed by atoms with Crippen molar-refractivity contribution in [2.24, 2.45) is 0 Å². The topological polar surface area (TPSA) is 73.5 Å². The van der Waals surface area contributed by atoms with Crippen molar-refractivity contribution in [1.82, 2.24) is 10.2 Å². The van der Waals surface area contributed by atoms with Crippen LogP contribution in [0.1, 0.15) is 29.8 Å². The number of anilines is 2. The fraction of sp³-hybridized carbons (Fsp3) is 0.333. The molecule has 2 aromatic rings. The summed E-state index contributed by atoms with van der Waals surface area (Å²) in [6.07, 6.45) is -4.71. The van der Waals surface area contributed by atoms with Crippen LogP contribution in [0.4, 0.5) is 29.3 Å². The molecule has 0 radical (unpaired) electrons. The third-order valence-corrected chi connectivity index (χ3v) is 4.48. The molecule has 2 aromatic carbocycles. The molecular weight excluding hydrogens is 397 g/mol. The minimum atomic E-state index is -4.71. The summed E-state index contributed by atoms with van der Waals surface area (Å²) in [5.74, 6) is -0.529. The van der Waals surface area contributed by atoms with E-state index in [4.69, 9.17) is 0 Å². The summed E-state index contributed by atoms with van der Waals surface area (Å²) in [5, 5.41) is 7.22. The van der Waals surface area contributed by atoms with Gasteiger partial charge in [0.2, 0.25) is 0 Å². The standard InChI is InChI=1S/C21H25F3N4O2/c1-3-28(4-2)13-12-25-20(30)27-18-11-10-16(14-17(18)21(22,23)24)26-19(29)15-8-6-5-7-9-15/h5-11,14H,3-4,12-13H2,1-2H3,(H,26,29)(H2,25,27,30). The summed E-state index contributed by atoms with van der Waals surface area (Å²) in [4.78, 5) is 26.3. The molecule has 0 saturated carbocycles. The van der Waals surface area contributed by atoms with Crippen LogP contribution in [-0.2, 0) is 6.18 Å². The maximum Gasteiger partial charge on any atom is 0.418 e. The first-order valence-corrected chi connectivity index (χ1v) is 9.59. The number of hydrogen-bond acceptors (Lipinski definition) is 3. The minimum absolute atomic E-state index is 0.0244. The van der Waals surface area contributed by atoms with E-state index >= 15 is 0 Å². The number of benzene rings is 2. The zero-order valence-corrected chi connectivity index (χ0v) is 16.8. The zero-order chi connectivity index (χ0) is 22.1. The molecule has 6 nitrogen and oxygen atoms in total. The summed E-state index contributed by atoms with van der Waals surface area (Å²) in [7, 11) is 0. The Morgan fingerprint density at radius 1 is 0.967 bits per heavy atom. The van der Waals surface area contributed by atoms with Crippen molar-refractivity contribution in [2.45, 2.75) is 20.0 Å². The number of urea groups is 1. The van der Waals surface area contributed by atoms with Crippen LogP contribution in [0, 0.1) is 0 Å². The van der Waals surface area contributed by atoms with Gasteiger partial charge in [-0.15, -0.1) is 0 Å². The average molecular weight is 422 g/mol. The second-order valence-corrected chi connectivity index (χ2v) is 6.49. The average Bonchev–Trinajstić information content (AvgIpc) is 2.72. The van der Waals surface area contributed by atoms with Crippen LogP contribution >= 0.6 is 0 Å². The Morgan fingerprint density at radius 2 is 1.63 bits per heavy atom. The molecule has 3 amide bonds. The molecule has 0 spiro atoms. The van der Waals surface area contributed by atoms with Crippen LogP contribution in [0.15, 0.2) is 48.5 Å². The molecule has 0 saturated heterocycles. The van der Waals surface area contributed by atoms with Crippen molar-refractivity contribution in [1.29, 1.82) is 0 Å². The molecule has 0 aliphatic heterocycles. The van der Waals surface area contributed by atoms with Gasteiger partial charge in [-0.05, 0) is 43.4 Å². The van der Waals surface area contributed by atoms with Crippen LogP contribution in [-0.4, -0.2) is 43.0 Å². The molecule has 0 atom stereocenters. The van der Waals surface area contributed by atoms with Crippen molar-refractivity contribution in [3.05, 3.63) is 59.7 Å². The Bertz CT molecular complexity index is 853. The first-order valence-electron chi connectivity index (χ1n) is 9.59. The number of carbonyl (C=O) groups is 2. The van der Waals surface area contributed by atoms with Gasteiger partial charge in [0.1, 0.15) is 0 Å². The summed E-state index contributed by atoms with van der Waals surface area (Å²) >= 11 is 0. The predicted molar refractivity (Wildman–Crippen MR) is 111 cm³/mol. The smallest absolute Gasteiger partial charge is 0.337 e. The first kappa shape index (κ1) is 23.2. The van der Waals surface area contributed by atoms with Crippen LogP contribution < -0.4 is 16.0 Å². The monoisotopic (exact) mass is 422 g/mol. The van der Waals surface area contributed by atoms with E-state index in [1.165, 1.54) is 6.07 Å². The molecule has 0 aromatic heterocycles. The minimum Gasteiger partial charge on any atom is -0.337 e. The van der Waals surface area contributed by atoms with E-state index in [1.54, 1.807) is 30.3 Å². The molecule has 162 valence electrons. The summed E-state index contributed by atoms with van der Waals surface area (Å²) in [6.45, 7) is 6.49. The third kappa shape index (κ3) is 6.77. The van der Waals surface area contributed by atoms with Crippen molar-refractivity contribution in [3.8, 4) is 0 Å². The van der Waals surface area contributed by atoms with E-state index in [9.17, 15) is 22.8 Å². The Kier molecular flexibility index (Phi) is 8.23. The number of nitrogens with zero attached hydrogens (tertiary/aromatic N) is 1. The van der Waals surface area contributed by atoms with Crippen LogP contribution in [0.5, 0.6) is 0 Å². The number of carbonyl (C=O) groups excluding carboxylic acids is 2. The second kappa shape index (κ2) is 10.6. The van der Waals surface area contributed by atoms with Crippen LogP contribution in [0.2, 0.25) is 0 Å².